The number of amides is 2. The number of anilines is 1. The predicted molar refractivity (Wildman–Crippen MR) is 101 cm³/mol. The third kappa shape index (κ3) is 3.16. The first-order chi connectivity index (χ1) is 11.7. The van der Waals surface area contributed by atoms with Gasteiger partial charge < -0.3 is 5.32 Å². The molecule has 3 aliphatic rings. The quantitative estimate of drug-likeness (QED) is 0.803. The molecule has 1 saturated heterocycles. The minimum Gasteiger partial charge on any atom is -0.307 e. The first-order valence-electron chi connectivity index (χ1n) is 9.31. The Morgan fingerprint density at radius 3 is 2.38 bits per heavy atom. The normalized spacial score (nSPS) is 20.2. The van der Waals surface area contributed by atoms with Gasteiger partial charge in [0.1, 0.15) is 0 Å². The van der Waals surface area contributed by atoms with E-state index in [2.05, 4.69) is 27.9 Å². The Balaban J connectivity index is 1.37. The number of nitrogens with one attached hydrogen (secondary N) is 2. The predicted octanol–water partition coefficient (Wildman–Crippen LogP) is 3.53. The maximum Gasteiger partial charge on any atom is 0.329 e. The molecule has 5 heteroatoms. The Morgan fingerprint density at radius 2 is 1.79 bits per heavy atom. The fourth-order valence-corrected chi connectivity index (χ4v) is 4.94. The van der Waals surface area contributed by atoms with E-state index in [1.165, 1.54) is 79.4 Å². The van der Waals surface area contributed by atoms with E-state index in [9.17, 15) is 4.79 Å². The molecule has 4 rings (SSSR count). The van der Waals surface area contributed by atoms with E-state index in [-0.39, 0.29) is 6.03 Å². The number of carbonyl (C=O) groups excluding carboxylic acids is 1. The topological polar surface area (TPSA) is 44.4 Å². The Morgan fingerprint density at radius 1 is 1.12 bits per heavy atom. The van der Waals surface area contributed by atoms with Crippen LogP contribution in [0.5, 0.6) is 0 Å². The number of benzene rings is 1. The smallest absolute Gasteiger partial charge is 0.307 e. The molecule has 1 aromatic carbocycles. The second-order valence-electron chi connectivity index (χ2n) is 7.34. The third-order valence-electron chi connectivity index (χ3n) is 5.71. The van der Waals surface area contributed by atoms with Crippen LogP contribution in [0.3, 0.4) is 0 Å². The number of fused-ring (bicyclic) bond motifs is 2. The van der Waals surface area contributed by atoms with Crippen LogP contribution in [-0.4, -0.2) is 35.8 Å². The molecule has 1 heterocycles. The number of aryl methyl sites for hydroxylation is 2. The Labute approximate surface area is 148 Å². The van der Waals surface area contributed by atoms with E-state index >= 15 is 0 Å². The number of nitrogens with zero attached hydrogens (tertiary/aromatic N) is 1. The zero-order valence-corrected chi connectivity index (χ0v) is 15.3. The SMILES string of the molecule is CC(CSNC(=O)Nc1c2c(cc3c1CCC3)CCC2)N1CCC1. The van der Waals surface area contributed by atoms with Crippen LogP contribution in [0.25, 0.3) is 0 Å². The van der Waals surface area contributed by atoms with Crippen LogP contribution in [-0.2, 0) is 25.7 Å². The fourth-order valence-electron chi connectivity index (χ4n) is 4.22. The summed E-state index contributed by atoms with van der Waals surface area (Å²) in [6.45, 7) is 4.65. The second kappa shape index (κ2) is 6.96. The molecule has 24 heavy (non-hydrogen) atoms. The summed E-state index contributed by atoms with van der Waals surface area (Å²) in [6, 6.07) is 2.87. The summed E-state index contributed by atoms with van der Waals surface area (Å²) >= 11 is 1.53. The van der Waals surface area contributed by atoms with Crippen molar-refractivity contribution in [2.75, 3.05) is 24.2 Å². The molecule has 1 atom stereocenters. The van der Waals surface area contributed by atoms with Gasteiger partial charge in [0.05, 0.1) is 0 Å². The third-order valence-corrected chi connectivity index (χ3v) is 6.69. The summed E-state index contributed by atoms with van der Waals surface area (Å²) in [7, 11) is 0. The Kier molecular flexibility index (Phi) is 4.72. The van der Waals surface area contributed by atoms with E-state index in [0.717, 1.165) is 24.3 Å². The van der Waals surface area contributed by atoms with Crippen molar-refractivity contribution in [3.05, 3.63) is 28.3 Å². The van der Waals surface area contributed by atoms with E-state index in [4.69, 9.17) is 0 Å². The average molecular weight is 346 g/mol. The molecule has 4 nitrogen and oxygen atoms in total. The summed E-state index contributed by atoms with van der Waals surface area (Å²) in [4.78, 5) is 14.9. The highest BCUT2D eigenvalue weighted by atomic mass is 32.2. The molecule has 0 radical (unpaired) electrons. The van der Waals surface area contributed by atoms with E-state index < -0.39 is 0 Å². The second-order valence-corrected chi connectivity index (χ2v) is 8.17. The molecule has 130 valence electrons. The molecule has 1 aliphatic heterocycles. The van der Waals surface area contributed by atoms with Gasteiger partial charge in [0.15, 0.2) is 0 Å². The lowest BCUT2D eigenvalue weighted by atomic mass is 9.99. The van der Waals surface area contributed by atoms with E-state index in [0.29, 0.717) is 6.04 Å². The first-order valence-corrected chi connectivity index (χ1v) is 10.3. The lowest BCUT2D eigenvalue weighted by molar-refractivity contribution is 0.141. The van der Waals surface area contributed by atoms with Crippen LogP contribution in [0, 0.1) is 0 Å². The van der Waals surface area contributed by atoms with Crippen LogP contribution in [0.4, 0.5) is 10.5 Å². The molecular formula is C19H27N3OS. The van der Waals surface area contributed by atoms with Crippen LogP contribution < -0.4 is 10.0 Å². The molecule has 0 aromatic heterocycles. The number of carbonyl (C=O) groups is 1. The summed E-state index contributed by atoms with van der Waals surface area (Å²) in [5.74, 6) is 0.943. The Bertz CT molecular complexity index is 610. The highest BCUT2D eigenvalue weighted by molar-refractivity contribution is 7.97. The van der Waals surface area contributed by atoms with E-state index in [1.807, 2.05) is 0 Å². The van der Waals surface area contributed by atoms with Crippen molar-refractivity contribution in [1.29, 1.82) is 0 Å². The summed E-state index contributed by atoms with van der Waals surface area (Å²) < 4.78 is 2.99. The van der Waals surface area contributed by atoms with Gasteiger partial charge in [0.25, 0.3) is 0 Å². The number of likely N-dealkylation sites (tertiary alicyclic amines) is 1. The molecule has 2 amide bonds. The minimum absolute atomic E-state index is 0.0646. The summed E-state index contributed by atoms with van der Waals surface area (Å²) in [5, 5.41) is 3.19. The maximum atomic E-state index is 12.4. The van der Waals surface area contributed by atoms with Gasteiger partial charge in [0.2, 0.25) is 0 Å². The van der Waals surface area contributed by atoms with Gasteiger partial charge in [-0.15, -0.1) is 0 Å². The molecule has 0 bridgehead atoms. The highest BCUT2D eigenvalue weighted by Gasteiger charge is 2.25. The van der Waals surface area contributed by atoms with Gasteiger partial charge >= 0.3 is 6.03 Å². The minimum atomic E-state index is -0.0646. The van der Waals surface area contributed by atoms with Gasteiger partial charge in [0, 0.05) is 17.5 Å². The molecule has 2 aliphatic carbocycles. The number of hydrogen-bond donors (Lipinski definition) is 2. The van der Waals surface area contributed by atoms with Crippen molar-refractivity contribution >= 4 is 23.7 Å². The molecule has 2 N–H and O–H groups in total. The van der Waals surface area contributed by atoms with Gasteiger partial charge in [-0.2, -0.15) is 0 Å². The lowest BCUT2D eigenvalue weighted by Crippen LogP contribution is -2.45. The highest BCUT2D eigenvalue weighted by Crippen LogP contribution is 2.38. The first kappa shape index (κ1) is 16.3. The molecule has 0 spiro atoms. The lowest BCUT2D eigenvalue weighted by Gasteiger charge is -2.36. The van der Waals surface area contributed by atoms with Crippen molar-refractivity contribution in [3.63, 3.8) is 0 Å². The van der Waals surface area contributed by atoms with Gasteiger partial charge in [-0.05, 0) is 99.2 Å². The van der Waals surface area contributed by atoms with Crippen LogP contribution in [0.1, 0.15) is 48.4 Å². The maximum absolute atomic E-state index is 12.4. The molecule has 1 fully saturated rings. The molecule has 1 unspecified atom stereocenters. The van der Waals surface area contributed by atoms with Gasteiger partial charge in [-0.1, -0.05) is 6.07 Å². The van der Waals surface area contributed by atoms with Crippen molar-refractivity contribution in [1.82, 2.24) is 9.62 Å². The van der Waals surface area contributed by atoms with Crippen LogP contribution in [0.15, 0.2) is 6.07 Å². The van der Waals surface area contributed by atoms with Crippen molar-refractivity contribution < 1.29 is 4.79 Å². The number of urea groups is 1. The van der Waals surface area contributed by atoms with Crippen molar-refractivity contribution in [3.8, 4) is 0 Å². The van der Waals surface area contributed by atoms with Crippen LogP contribution in [0.2, 0.25) is 0 Å². The average Bonchev–Trinajstić information content (AvgIpc) is 3.13. The van der Waals surface area contributed by atoms with E-state index in [1.54, 1.807) is 0 Å². The summed E-state index contributed by atoms with van der Waals surface area (Å²) in [5.41, 5.74) is 6.84. The monoisotopic (exact) mass is 345 g/mol. The molecule has 0 saturated carbocycles. The summed E-state index contributed by atoms with van der Waals surface area (Å²) in [6.07, 6.45) is 8.30. The molecular weight excluding hydrogens is 318 g/mol. The van der Waals surface area contributed by atoms with Crippen molar-refractivity contribution in [2.45, 2.75) is 57.9 Å². The Hall–Kier alpha value is -1.20. The van der Waals surface area contributed by atoms with Crippen molar-refractivity contribution in [2.24, 2.45) is 0 Å². The zero-order valence-electron chi connectivity index (χ0n) is 14.5. The fraction of sp³-hybridized carbons (Fsp3) is 0.632. The van der Waals surface area contributed by atoms with Crippen LogP contribution >= 0.6 is 11.9 Å². The molecule has 1 aromatic rings. The van der Waals surface area contributed by atoms with Gasteiger partial charge in [-0.3, -0.25) is 9.62 Å². The zero-order chi connectivity index (χ0) is 16.5. The number of hydrogen-bond acceptors (Lipinski definition) is 3. The van der Waals surface area contributed by atoms with Gasteiger partial charge in [-0.25, -0.2) is 4.79 Å². The number of rotatable bonds is 5. The standard InChI is InChI=1S/C19H27N3OS/c1-13(22-9-4-10-22)12-24-21-19(23)20-18-16-7-2-5-14(16)11-15-6-3-8-17(15)18/h11,13H,2-10,12H2,1H3,(H2,20,21,23). The largest absolute Gasteiger partial charge is 0.329 e.